The maximum atomic E-state index is 3.37. The van der Waals surface area contributed by atoms with Crippen LogP contribution in [0, 0.1) is 12.2 Å². The SMILES string of the molecule is CCCCC1=[C-]CC=C1C.CCCCC1=[C-]CC=C1C.C[SiH]C.F.F.[Zr+2]. The van der Waals surface area contributed by atoms with Crippen LogP contribution in [0.15, 0.2) is 34.4 Å². The van der Waals surface area contributed by atoms with Crippen molar-refractivity contribution in [1.29, 1.82) is 0 Å². The van der Waals surface area contributed by atoms with E-state index in [4.69, 9.17) is 0 Å². The Labute approximate surface area is 183 Å². The van der Waals surface area contributed by atoms with Gasteiger partial charge in [-0.2, -0.15) is 12.2 Å². The van der Waals surface area contributed by atoms with Gasteiger partial charge in [-0.25, -0.2) is 22.3 Å². The molecule has 0 amide bonds. The van der Waals surface area contributed by atoms with Crippen molar-refractivity contribution in [3.8, 4) is 0 Å². The van der Waals surface area contributed by atoms with Crippen LogP contribution in [-0.4, -0.2) is 9.52 Å². The van der Waals surface area contributed by atoms with Crippen LogP contribution < -0.4 is 0 Å². The molecule has 0 aliphatic heterocycles. The summed E-state index contributed by atoms with van der Waals surface area (Å²) in [4.78, 5) is 0. The summed E-state index contributed by atoms with van der Waals surface area (Å²) in [7, 11) is 0.750. The quantitative estimate of drug-likeness (QED) is 0.287. The number of unbranched alkanes of at least 4 members (excludes halogenated alkanes) is 2. The first kappa shape index (κ1) is 33.5. The van der Waals surface area contributed by atoms with Crippen LogP contribution in [0.25, 0.3) is 0 Å². The van der Waals surface area contributed by atoms with E-state index in [0.29, 0.717) is 0 Å². The predicted molar refractivity (Wildman–Crippen MR) is 113 cm³/mol. The van der Waals surface area contributed by atoms with E-state index in [1.165, 1.54) is 60.8 Å². The second-order valence-corrected chi connectivity index (χ2v) is 7.43. The second kappa shape index (κ2) is 23.0. The Morgan fingerprint density at radius 2 is 1.12 bits per heavy atom. The van der Waals surface area contributed by atoms with E-state index >= 15 is 0 Å². The van der Waals surface area contributed by atoms with Crippen LogP contribution in [0.5, 0.6) is 0 Å². The third kappa shape index (κ3) is 16.1. The van der Waals surface area contributed by atoms with Crippen molar-refractivity contribution < 1.29 is 35.6 Å². The fraction of sp³-hybridized carbons (Fsp3) is 0.636. The Morgan fingerprint density at radius 3 is 1.31 bits per heavy atom. The molecule has 149 valence electrons. The smallest absolute Gasteiger partial charge is 0.269 e. The molecular weight excluding hydrogens is 422 g/mol. The van der Waals surface area contributed by atoms with Gasteiger partial charge in [-0.3, -0.25) is 21.6 Å². The zero-order chi connectivity index (χ0) is 17.5. The van der Waals surface area contributed by atoms with E-state index in [1.54, 1.807) is 0 Å². The minimum atomic E-state index is 0. The summed E-state index contributed by atoms with van der Waals surface area (Å²) in [5.41, 5.74) is 5.82. The van der Waals surface area contributed by atoms with Crippen LogP contribution in [0.4, 0.5) is 9.41 Å². The predicted octanol–water partition coefficient (Wildman–Crippen LogP) is 7.33. The average Bonchev–Trinajstić information content (AvgIpc) is 3.13. The third-order valence-corrected chi connectivity index (χ3v) is 3.96. The molecule has 4 heteroatoms. The van der Waals surface area contributed by atoms with Crippen LogP contribution in [0.2, 0.25) is 13.1 Å². The minimum Gasteiger partial charge on any atom is -0.269 e. The van der Waals surface area contributed by atoms with Crippen molar-refractivity contribution in [2.75, 3.05) is 0 Å². The zero-order valence-corrected chi connectivity index (χ0v) is 21.3. The molecule has 0 atom stereocenters. The number of hydrogen-bond donors (Lipinski definition) is 0. The van der Waals surface area contributed by atoms with Gasteiger partial charge in [0, 0.05) is 9.52 Å². The molecule has 0 bridgehead atoms. The van der Waals surface area contributed by atoms with Gasteiger partial charge in [0.1, 0.15) is 0 Å². The molecule has 1 radical (unpaired) electrons. The molecule has 2 rings (SSSR count). The number of halogens is 2. The maximum absolute atomic E-state index is 3.37. The largest absolute Gasteiger partial charge is 2.00 e. The molecule has 2 aliphatic carbocycles. The summed E-state index contributed by atoms with van der Waals surface area (Å²) in [5, 5.41) is 0. The Bertz CT molecular complexity index is 397. The van der Waals surface area contributed by atoms with Crippen molar-refractivity contribution >= 4 is 9.52 Å². The van der Waals surface area contributed by atoms with E-state index < -0.39 is 0 Å². The van der Waals surface area contributed by atoms with Crippen molar-refractivity contribution in [2.45, 2.75) is 92.2 Å². The van der Waals surface area contributed by atoms with Gasteiger partial charge in [-0.05, 0) is 0 Å². The zero-order valence-electron chi connectivity index (χ0n) is 17.7. The Kier molecular flexibility index (Phi) is 29.6. The van der Waals surface area contributed by atoms with Gasteiger partial charge in [0.25, 0.3) is 0 Å². The molecule has 0 fully saturated rings. The summed E-state index contributed by atoms with van der Waals surface area (Å²) >= 11 is 0. The first-order chi connectivity index (χ1) is 11.1. The normalized spacial score (nSPS) is 13.8. The average molecular weight is 461 g/mol. The van der Waals surface area contributed by atoms with Crippen molar-refractivity contribution in [2.24, 2.45) is 0 Å². The molecule has 0 aromatic heterocycles. The van der Waals surface area contributed by atoms with E-state index in [0.717, 1.165) is 22.4 Å². The molecule has 0 saturated carbocycles. The summed E-state index contributed by atoms with van der Waals surface area (Å²) < 4.78 is 0. The van der Waals surface area contributed by atoms with Gasteiger partial charge >= 0.3 is 26.2 Å². The summed E-state index contributed by atoms with van der Waals surface area (Å²) in [6.07, 6.45) is 21.0. The van der Waals surface area contributed by atoms with E-state index in [-0.39, 0.29) is 35.6 Å². The fourth-order valence-corrected chi connectivity index (χ4v) is 2.46. The standard InChI is InChI=1S/2C10H15.C2H7Si.2FH.Zr/c2*1-3-4-7-10-8-5-6-9(10)2;1-3-2;;;/h2*6H,3-5,7H2,1-2H3;3H,1-2H3;2*1H;/q2*-1;;;;+2. The van der Waals surface area contributed by atoms with Crippen molar-refractivity contribution in [3.63, 3.8) is 0 Å². The van der Waals surface area contributed by atoms with Crippen molar-refractivity contribution in [1.82, 2.24) is 0 Å². The number of hydrogen-bond acceptors (Lipinski definition) is 0. The molecule has 0 aromatic rings. The molecule has 0 N–H and O–H groups in total. The molecular formula is C22H39F2SiZr. The van der Waals surface area contributed by atoms with Gasteiger partial charge < -0.3 is 0 Å². The van der Waals surface area contributed by atoms with E-state index in [1.807, 2.05) is 0 Å². The topological polar surface area (TPSA) is 0 Å². The Hall–Kier alpha value is -0.0800. The first-order valence-corrected chi connectivity index (χ1v) is 11.7. The first-order valence-electron chi connectivity index (χ1n) is 9.38. The van der Waals surface area contributed by atoms with Crippen LogP contribution in [0.3, 0.4) is 0 Å². The fourth-order valence-electron chi connectivity index (χ4n) is 2.46. The molecule has 2 aliphatic rings. The number of rotatable bonds is 6. The molecule has 0 nitrogen and oxygen atoms in total. The molecule has 0 saturated heterocycles. The Morgan fingerprint density at radius 1 is 0.808 bits per heavy atom. The third-order valence-electron chi connectivity index (χ3n) is 3.96. The minimum absolute atomic E-state index is 0. The van der Waals surface area contributed by atoms with Gasteiger partial charge in [0.2, 0.25) is 0 Å². The summed E-state index contributed by atoms with van der Waals surface area (Å²) in [5.74, 6) is 0. The molecule has 26 heavy (non-hydrogen) atoms. The molecule has 0 aromatic carbocycles. The maximum Gasteiger partial charge on any atom is 2.00 e. The number of allylic oxidation sites excluding steroid dienone is 8. The van der Waals surface area contributed by atoms with Crippen molar-refractivity contribution in [3.05, 3.63) is 46.6 Å². The summed E-state index contributed by atoms with van der Waals surface area (Å²) in [6.45, 7) is 13.2. The second-order valence-electron chi connectivity index (χ2n) is 6.28. The Balaban J connectivity index is -0.000000147. The molecule has 0 spiro atoms. The van der Waals surface area contributed by atoms with E-state index in [2.05, 4.69) is 65.1 Å². The van der Waals surface area contributed by atoms with Crippen LogP contribution in [0.1, 0.15) is 79.1 Å². The van der Waals surface area contributed by atoms with E-state index in [9.17, 15) is 0 Å². The van der Waals surface area contributed by atoms with Crippen LogP contribution in [-0.2, 0) is 26.2 Å². The van der Waals surface area contributed by atoms with Gasteiger partial charge in [0.15, 0.2) is 0 Å². The molecule has 0 unspecified atom stereocenters. The van der Waals surface area contributed by atoms with Gasteiger partial charge in [0.05, 0.1) is 0 Å². The molecule has 0 heterocycles. The van der Waals surface area contributed by atoms with Gasteiger partial charge in [-0.1, -0.05) is 65.5 Å². The monoisotopic (exact) mass is 459 g/mol. The van der Waals surface area contributed by atoms with Gasteiger partial charge in [-0.15, -0.1) is 26.7 Å². The summed E-state index contributed by atoms with van der Waals surface area (Å²) in [6, 6.07) is 0. The van der Waals surface area contributed by atoms with Crippen LogP contribution >= 0.6 is 0 Å².